The molecule has 6 nitrogen and oxygen atoms in total. The van der Waals surface area contributed by atoms with E-state index in [0.29, 0.717) is 11.5 Å². The van der Waals surface area contributed by atoms with Crippen molar-refractivity contribution in [3.8, 4) is 0 Å². The topological polar surface area (TPSA) is 81.7 Å². The van der Waals surface area contributed by atoms with Crippen molar-refractivity contribution in [2.75, 3.05) is 14.2 Å². The fraction of sp³-hybridized carbons (Fsp3) is 0.667. The van der Waals surface area contributed by atoms with Crippen LogP contribution >= 0.6 is 0 Å². The van der Waals surface area contributed by atoms with Crippen LogP contribution in [0.3, 0.4) is 0 Å². The number of carbonyl (C=O) groups is 3. The van der Waals surface area contributed by atoms with Crippen molar-refractivity contribution < 1.29 is 23.9 Å². The Morgan fingerprint density at radius 1 is 1.14 bits per heavy atom. The first-order valence-corrected chi connectivity index (χ1v) is 6.94. The van der Waals surface area contributed by atoms with Crippen LogP contribution in [0.15, 0.2) is 11.6 Å². The Kier molecular flexibility index (Phi) is 9.08. The van der Waals surface area contributed by atoms with Crippen LogP contribution in [0.25, 0.3) is 0 Å². The zero-order valence-corrected chi connectivity index (χ0v) is 13.4. The SMILES string of the molecule is COC(=O)CC[C@@H](NC(=O)C(C)=CCC(C)C)C(=O)OC. The molecule has 0 heterocycles. The summed E-state index contributed by atoms with van der Waals surface area (Å²) in [6, 6.07) is -0.857. The van der Waals surface area contributed by atoms with Gasteiger partial charge in [0.25, 0.3) is 0 Å². The van der Waals surface area contributed by atoms with Gasteiger partial charge in [-0.2, -0.15) is 0 Å². The number of methoxy groups -OCH3 is 2. The standard InChI is InChI=1S/C15H25NO5/c1-10(2)6-7-11(3)14(18)16-12(15(19)21-5)8-9-13(17)20-4/h7,10,12H,6,8-9H2,1-5H3,(H,16,18)/t12-/m1/s1. The first kappa shape index (κ1) is 19.1. The highest BCUT2D eigenvalue weighted by Crippen LogP contribution is 2.07. The Morgan fingerprint density at radius 2 is 1.76 bits per heavy atom. The molecule has 0 rings (SSSR count). The van der Waals surface area contributed by atoms with Crippen molar-refractivity contribution in [1.82, 2.24) is 5.32 Å². The second-order valence-electron chi connectivity index (χ2n) is 5.18. The van der Waals surface area contributed by atoms with E-state index >= 15 is 0 Å². The average Bonchev–Trinajstić information content (AvgIpc) is 2.47. The molecule has 0 saturated heterocycles. The van der Waals surface area contributed by atoms with Crippen molar-refractivity contribution in [2.24, 2.45) is 5.92 Å². The maximum atomic E-state index is 12.0. The molecule has 0 radical (unpaired) electrons. The highest BCUT2D eigenvalue weighted by molar-refractivity contribution is 5.95. The van der Waals surface area contributed by atoms with Gasteiger partial charge >= 0.3 is 11.9 Å². The van der Waals surface area contributed by atoms with Crippen molar-refractivity contribution in [3.63, 3.8) is 0 Å². The predicted molar refractivity (Wildman–Crippen MR) is 78.4 cm³/mol. The van der Waals surface area contributed by atoms with E-state index in [2.05, 4.69) is 28.6 Å². The lowest BCUT2D eigenvalue weighted by Gasteiger charge is -2.16. The summed E-state index contributed by atoms with van der Waals surface area (Å²) < 4.78 is 9.15. The summed E-state index contributed by atoms with van der Waals surface area (Å²) >= 11 is 0. The van der Waals surface area contributed by atoms with E-state index in [1.54, 1.807) is 6.92 Å². The van der Waals surface area contributed by atoms with Crippen LogP contribution in [-0.4, -0.2) is 38.1 Å². The monoisotopic (exact) mass is 299 g/mol. The first-order valence-electron chi connectivity index (χ1n) is 6.94. The van der Waals surface area contributed by atoms with E-state index in [4.69, 9.17) is 0 Å². The fourth-order valence-corrected chi connectivity index (χ4v) is 1.53. The molecule has 0 saturated carbocycles. The van der Waals surface area contributed by atoms with Crippen molar-refractivity contribution in [2.45, 2.75) is 46.1 Å². The summed E-state index contributed by atoms with van der Waals surface area (Å²) in [5.41, 5.74) is 0.538. The third-order valence-corrected chi connectivity index (χ3v) is 2.91. The number of carbonyl (C=O) groups excluding carboxylic acids is 3. The number of hydrogen-bond acceptors (Lipinski definition) is 5. The van der Waals surface area contributed by atoms with E-state index < -0.39 is 18.0 Å². The predicted octanol–water partition coefficient (Wildman–Crippen LogP) is 1.59. The van der Waals surface area contributed by atoms with Gasteiger partial charge in [-0.05, 0) is 25.7 Å². The molecule has 0 fully saturated rings. The molecule has 0 aromatic rings. The molecule has 6 heteroatoms. The molecule has 0 aliphatic rings. The Balaban J connectivity index is 4.65. The van der Waals surface area contributed by atoms with Gasteiger partial charge in [-0.3, -0.25) is 9.59 Å². The molecule has 120 valence electrons. The zero-order chi connectivity index (χ0) is 16.4. The minimum Gasteiger partial charge on any atom is -0.469 e. The highest BCUT2D eigenvalue weighted by Gasteiger charge is 2.23. The second kappa shape index (κ2) is 9.96. The number of rotatable bonds is 8. The van der Waals surface area contributed by atoms with Crippen LogP contribution in [0.1, 0.15) is 40.0 Å². The molecule has 0 aliphatic carbocycles. The van der Waals surface area contributed by atoms with Crippen molar-refractivity contribution in [1.29, 1.82) is 0 Å². The molecule has 0 aliphatic heterocycles. The van der Waals surface area contributed by atoms with Crippen LogP contribution in [0, 0.1) is 5.92 Å². The van der Waals surface area contributed by atoms with Crippen LogP contribution in [0.2, 0.25) is 0 Å². The zero-order valence-electron chi connectivity index (χ0n) is 13.4. The Labute approximate surface area is 125 Å². The minimum atomic E-state index is -0.857. The number of nitrogens with one attached hydrogen (secondary N) is 1. The number of hydrogen-bond donors (Lipinski definition) is 1. The van der Waals surface area contributed by atoms with Gasteiger partial charge in [0.05, 0.1) is 14.2 Å². The van der Waals surface area contributed by atoms with Crippen LogP contribution in [0.5, 0.6) is 0 Å². The maximum absolute atomic E-state index is 12.0. The van der Waals surface area contributed by atoms with Crippen LogP contribution in [-0.2, 0) is 23.9 Å². The molecule has 0 aromatic heterocycles. The molecular formula is C15H25NO5. The smallest absolute Gasteiger partial charge is 0.328 e. The number of esters is 2. The Bertz CT molecular complexity index is 401. The van der Waals surface area contributed by atoms with Gasteiger partial charge < -0.3 is 14.8 Å². The maximum Gasteiger partial charge on any atom is 0.328 e. The third-order valence-electron chi connectivity index (χ3n) is 2.91. The molecule has 1 atom stereocenters. The van der Waals surface area contributed by atoms with Crippen molar-refractivity contribution in [3.05, 3.63) is 11.6 Å². The van der Waals surface area contributed by atoms with Crippen LogP contribution in [0.4, 0.5) is 0 Å². The first-order chi connectivity index (χ1) is 9.81. The third kappa shape index (κ3) is 8.12. The second-order valence-corrected chi connectivity index (χ2v) is 5.18. The summed E-state index contributed by atoms with van der Waals surface area (Å²) in [5, 5.41) is 2.58. The molecule has 0 bridgehead atoms. The van der Waals surface area contributed by atoms with E-state index in [1.807, 2.05) is 6.08 Å². The minimum absolute atomic E-state index is 0.0330. The molecule has 0 spiro atoms. The number of ether oxygens (including phenoxy) is 2. The van der Waals surface area contributed by atoms with Gasteiger partial charge in [-0.1, -0.05) is 19.9 Å². The highest BCUT2D eigenvalue weighted by atomic mass is 16.5. The molecule has 1 amide bonds. The fourth-order valence-electron chi connectivity index (χ4n) is 1.53. The van der Waals surface area contributed by atoms with Gasteiger partial charge in [-0.25, -0.2) is 4.79 Å². The lowest BCUT2D eigenvalue weighted by molar-refractivity contribution is -0.146. The summed E-state index contributed by atoms with van der Waals surface area (Å²) in [4.78, 5) is 34.8. The quantitative estimate of drug-likeness (QED) is 0.543. The molecule has 21 heavy (non-hydrogen) atoms. The number of amides is 1. The molecule has 0 unspecified atom stereocenters. The Morgan fingerprint density at radius 3 is 2.24 bits per heavy atom. The molecular weight excluding hydrogens is 274 g/mol. The largest absolute Gasteiger partial charge is 0.469 e. The number of allylic oxidation sites excluding steroid dienone is 1. The van der Waals surface area contributed by atoms with Crippen molar-refractivity contribution >= 4 is 17.8 Å². The van der Waals surface area contributed by atoms with Gasteiger partial charge in [0, 0.05) is 12.0 Å². The molecule has 1 N–H and O–H groups in total. The van der Waals surface area contributed by atoms with E-state index in [-0.39, 0.29) is 18.7 Å². The van der Waals surface area contributed by atoms with Gasteiger partial charge in [0.15, 0.2) is 0 Å². The summed E-state index contributed by atoms with van der Waals surface area (Å²) in [7, 11) is 2.51. The van der Waals surface area contributed by atoms with E-state index in [9.17, 15) is 14.4 Å². The van der Waals surface area contributed by atoms with Gasteiger partial charge in [-0.15, -0.1) is 0 Å². The lowest BCUT2D eigenvalue weighted by Crippen LogP contribution is -2.42. The molecule has 0 aromatic carbocycles. The summed E-state index contributed by atoms with van der Waals surface area (Å²) in [5.74, 6) is -0.909. The average molecular weight is 299 g/mol. The van der Waals surface area contributed by atoms with E-state index in [1.165, 1.54) is 14.2 Å². The normalized spacial score (nSPS) is 12.8. The van der Waals surface area contributed by atoms with Gasteiger partial charge in [0.2, 0.25) is 5.91 Å². The van der Waals surface area contributed by atoms with E-state index in [0.717, 1.165) is 6.42 Å². The summed E-state index contributed by atoms with van der Waals surface area (Å²) in [6.45, 7) is 5.79. The Hall–Kier alpha value is -1.85. The summed E-state index contributed by atoms with van der Waals surface area (Å²) in [6.07, 6.45) is 2.78. The lowest BCUT2D eigenvalue weighted by atomic mass is 10.1. The van der Waals surface area contributed by atoms with Gasteiger partial charge in [0.1, 0.15) is 6.04 Å². The van der Waals surface area contributed by atoms with Crippen LogP contribution < -0.4 is 5.32 Å².